The lowest BCUT2D eigenvalue weighted by Crippen LogP contribution is -2.41. The van der Waals surface area contributed by atoms with Crippen LogP contribution in [0.15, 0.2) is 48.5 Å². The summed E-state index contributed by atoms with van der Waals surface area (Å²) in [5.41, 5.74) is 0.995. The van der Waals surface area contributed by atoms with Gasteiger partial charge in [-0.15, -0.1) is 11.8 Å². The molecule has 3 rings (SSSR count). The van der Waals surface area contributed by atoms with Gasteiger partial charge in [0.2, 0.25) is 5.91 Å². The Morgan fingerprint density at radius 3 is 2.71 bits per heavy atom. The molecule has 0 aromatic heterocycles. The van der Waals surface area contributed by atoms with E-state index in [1.807, 2.05) is 24.3 Å². The van der Waals surface area contributed by atoms with Gasteiger partial charge < -0.3 is 14.8 Å². The van der Waals surface area contributed by atoms with Crippen LogP contribution in [-0.4, -0.2) is 30.9 Å². The van der Waals surface area contributed by atoms with Crippen molar-refractivity contribution in [2.45, 2.75) is 11.9 Å². The molecule has 2 aromatic rings. The summed E-state index contributed by atoms with van der Waals surface area (Å²) in [5, 5.41) is 2.85. The molecule has 1 heterocycles. The molecule has 24 heavy (non-hydrogen) atoms. The van der Waals surface area contributed by atoms with Crippen molar-refractivity contribution in [3.63, 3.8) is 0 Å². The molecule has 0 unspecified atom stereocenters. The zero-order chi connectivity index (χ0) is 16.8. The van der Waals surface area contributed by atoms with Gasteiger partial charge in [-0.1, -0.05) is 24.3 Å². The molecule has 0 bridgehead atoms. The van der Waals surface area contributed by atoms with Crippen molar-refractivity contribution in [3.05, 3.63) is 59.9 Å². The number of ether oxygens (including phenoxy) is 2. The summed E-state index contributed by atoms with van der Waals surface area (Å²) in [6.45, 7) is 0.824. The third kappa shape index (κ3) is 4.64. The van der Waals surface area contributed by atoms with Crippen LogP contribution in [0.1, 0.15) is 5.56 Å². The van der Waals surface area contributed by atoms with Crippen LogP contribution < -0.4 is 14.8 Å². The molecular formula is C18H18FNO3S. The fraction of sp³-hybridized carbons (Fsp3) is 0.278. The number of halogens is 1. The fourth-order valence-electron chi connectivity index (χ4n) is 2.28. The topological polar surface area (TPSA) is 47.6 Å². The molecule has 126 valence electrons. The molecule has 0 saturated carbocycles. The van der Waals surface area contributed by atoms with E-state index in [0.29, 0.717) is 30.4 Å². The van der Waals surface area contributed by atoms with Crippen LogP contribution in [0.5, 0.6) is 11.5 Å². The van der Waals surface area contributed by atoms with E-state index >= 15 is 0 Å². The van der Waals surface area contributed by atoms with Gasteiger partial charge in [0.25, 0.3) is 0 Å². The Bertz CT molecular complexity index is 693. The highest BCUT2D eigenvalue weighted by atomic mass is 32.2. The fourth-order valence-corrected chi connectivity index (χ4v) is 3.10. The third-order valence-corrected chi connectivity index (χ3v) is 4.51. The normalized spacial score (nSPS) is 15.8. The van der Waals surface area contributed by atoms with Crippen molar-refractivity contribution in [2.24, 2.45) is 0 Å². The molecule has 1 amide bonds. The van der Waals surface area contributed by atoms with Gasteiger partial charge in [-0.2, -0.15) is 0 Å². The summed E-state index contributed by atoms with van der Waals surface area (Å²) in [6, 6.07) is 13.8. The standard InChI is InChI=1S/C18H18FNO3S/c19-14-7-5-13(6-8-14)11-24-12-18(21)20-9-15-10-22-16-3-1-2-4-17(16)23-15/h1-8,15H,9-12H2,(H,20,21)/t15-/m1/s1. The zero-order valence-corrected chi connectivity index (χ0v) is 13.9. The molecule has 0 saturated heterocycles. The first kappa shape index (κ1) is 16.6. The van der Waals surface area contributed by atoms with E-state index in [-0.39, 0.29) is 17.8 Å². The molecule has 0 aliphatic carbocycles. The summed E-state index contributed by atoms with van der Waals surface area (Å²) < 4.78 is 24.2. The van der Waals surface area contributed by atoms with Gasteiger partial charge in [0.15, 0.2) is 11.5 Å². The van der Waals surface area contributed by atoms with E-state index in [1.165, 1.54) is 23.9 Å². The monoisotopic (exact) mass is 347 g/mol. The second kappa shape index (κ2) is 8.06. The Hall–Kier alpha value is -2.21. The predicted octanol–water partition coefficient (Wildman–Crippen LogP) is 3.02. The second-order valence-corrected chi connectivity index (χ2v) is 6.41. The number of hydrogen-bond acceptors (Lipinski definition) is 4. The van der Waals surface area contributed by atoms with Gasteiger partial charge >= 0.3 is 0 Å². The molecule has 1 aliphatic rings. The number of nitrogens with one attached hydrogen (secondary N) is 1. The highest BCUT2D eigenvalue weighted by molar-refractivity contribution is 7.99. The van der Waals surface area contributed by atoms with Crippen molar-refractivity contribution in [3.8, 4) is 11.5 Å². The Morgan fingerprint density at radius 1 is 1.17 bits per heavy atom. The van der Waals surface area contributed by atoms with E-state index in [9.17, 15) is 9.18 Å². The number of thioether (sulfide) groups is 1. The molecule has 1 N–H and O–H groups in total. The number of hydrogen-bond donors (Lipinski definition) is 1. The quantitative estimate of drug-likeness (QED) is 0.873. The maximum absolute atomic E-state index is 12.8. The van der Waals surface area contributed by atoms with Gasteiger partial charge in [-0.25, -0.2) is 4.39 Å². The molecule has 1 aliphatic heterocycles. The lowest BCUT2D eigenvalue weighted by Gasteiger charge is -2.26. The Labute approximate surface area is 144 Å². The van der Waals surface area contributed by atoms with Crippen molar-refractivity contribution in [1.82, 2.24) is 5.32 Å². The van der Waals surface area contributed by atoms with Crippen LogP contribution in [0, 0.1) is 5.82 Å². The molecule has 4 nitrogen and oxygen atoms in total. The predicted molar refractivity (Wildman–Crippen MR) is 91.9 cm³/mol. The number of para-hydroxylation sites is 2. The van der Waals surface area contributed by atoms with E-state index < -0.39 is 0 Å². The molecule has 1 atom stereocenters. The van der Waals surface area contributed by atoms with Crippen molar-refractivity contribution in [1.29, 1.82) is 0 Å². The largest absolute Gasteiger partial charge is 0.486 e. The second-order valence-electron chi connectivity index (χ2n) is 5.42. The third-order valence-electron chi connectivity index (χ3n) is 3.51. The first-order chi connectivity index (χ1) is 11.7. The number of rotatable bonds is 6. The van der Waals surface area contributed by atoms with Crippen molar-refractivity contribution < 1.29 is 18.7 Å². The maximum Gasteiger partial charge on any atom is 0.230 e. The van der Waals surface area contributed by atoms with Crippen LogP contribution in [-0.2, 0) is 10.5 Å². The number of carbonyl (C=O) groups is 1. The van der Waals surface area contributed by atoms with Crippen LogP contribution in [0.25, 0.3) is 0 Å². The number of benzene rings is 2. The lowest BCUT2D eigenvalue weighted by atomic mass is 10.2. The van der Waals surface area contributed by atoms with Crippen LogP contribution in [0.4, 0.5) is 4.39 Å². The van der Waals surface area contributed by atoms with E-state index in [1.54, 1.807) is 12.1 Å². The van der Waals surface area contributed by atoms with E-state index in [4.69, 9.17) is 9.47 Å². The molecule has 0 fully saturated rings. The van der Waals surface area contributed by atoms with Crippen LogP contribution >= 0.6 is 11.8 Å². The van der Waals surface area contributed by atoms with Gasteiger partial charge in [-0.05, 0) is 29.8 Å². The molecular weight excluding hydrogens is 329 g/mol. The van der Waals surface area contributed by atoms with Gasteiger partial charge in [0, 0.05) is 5.75 Å². The minimum atomic E-state index is -0.252. The number of carbonyl (C=O) groups excluding carboxylic acids is 1. The van der Waals surface area contributed by atoms with Gasteiger partial charge in [0.05, 0.1) is 12.3 Å². The zero-order valence-electron chi connectivity index (χ0n) is 13.0. The summed E-state index contributed by atoms with van der Waals surface area (Å²) >= 11 is 1.49. The first-order valence-electron chi connectivity index (χ1n) is 7.68. The lowest BCUT2D eigenvalue weighted by molar-refractivity contribution is -0.119. The van der Waals surface area contributed by atoms with Crippen LogP contribution in [0.3, 0.4) is 0 Å². The van der Waals surface area contributed by atoms with Gasteiger partial charge in [0.1, 0.15) is 18.5 Å². The molecule has 6 heteroatoms. The Balaban J connectivity index is 1.36. The summed E-state index contributed by atoms with van der Waals surface area (Å²) in [7, 11) is 0. The number of amides is 1. The highest BCUT2D eigenvalue weighted by Crippen LogP contribution is 2.30. The van der Waals surface area contributed by atoms with Crippen LogP contribution in [0.2, 0.25) is 0 Å². The minimum absolute atomic E-state index is 0.0513. The Kier molecular flexibility index (Phi) is 5.59. The van der Waals surface area contributed by atoms with Crippen molar-refractivity contribution >= 4 is 17.7 Å². The molecule has 2 aromatic carbocycles. The first-order valence-corrected chi connectivity index (χ1v) is 8.83. The van der Waals surface area contributed by atoms with E-state index in [2.05, 4.69) is 5.32 Å². The molecule has 0 spiro atoms. The summed E-state index contributed by atoms with van der Waals surface area (Å²) in [6.07, 6.45) is -0.189. The minimum Gasteiger partial charge on any atom is -0.486 e. The average molecular weight is 347 g/mol. The summed E-state index contributed by atoms with van der Waals surface area (Å²) in [4.78, 5) is 11.9. The number of fused-ring (bicyclic) bond motifs is 1. The highest BCUT2D eigenvalue weighted by Gasteiger charge is 2.20. The maximum atomic E-state index is 12.8. The molecule has 0 radical (unpaired) electrons. The van der Waals surface area contributed by atoms with Crippen molar-refractivity contribution in [2.75, 3.05) is 18.9 Å². The van der Waals surface area contributed by atoms with E-state index in [0.717, 1.165) is 11.3 Å². The smallest absolute Gasteiger partial charge is 0.230 e. The van der Waals surface area contributed by atoms with Gasteiger partial charge in [-0.3, -0.25) is 4.79 Å². The Morgan fingerprint density at radius 2 is 1.92 bits per heavy atom. The summed E-state index contributed by atoms with van der Waals surface area (Å²) in [5.74, 6) is 2.15. The average Bonchev–Trinajstić information content (AvgIpc) is 2.61. The SMILES string of the molecule is O=C(CSCc1ccc(F)cc1)NC[C@@H]1COc2ccccc2O1.